The molecule has 1 aromatic carbocycles. The van der Waals surface area contributed by atoms with Gasteiger partial charge in [-0.15, -0.1) is 5.10 Å². The van der Waals surface area contributed by atoms with E-state index in [1.165, 1.54) is 5.56 Å². The van der Waals surface area contributed by atoms with Crippen LogP contribution in [0.5, 0.6) is 11.6 Å². The van der Waals surface area contributed by atoms with E-state index in [1.807, 2.05) is 24.3 Å². The molecule has 0 atom stereocenters. The second kappa shape index (κ2) is 5.23. The van der Waals surface area contributed by atoms with Gasteiger partial charge in [-0.25, -0.2) is 0 Å². The van der Waals surface area contributed by atoms with Crippen LogP contribution in [0.25, 0.3) is 0 Å². The van der Waals surface area contributed by atoms with Gasteiger partial charge in [0.25, 0.3) is 0 Å². The second-order valence-corrected chi connectivity index (χ2v) is 3.35. The van der Waals surface area contributed by atoms with Gasteiger partial charge in [0.15, 0.2) is 0 Å². The van der Waals surface area contributed by atoms with Crippen LogP contribution in [0.4, 0.5) is 0 Å². The molecule has 16 heavy (non-hydrogen) atoms. The normalized spacial score (nSPS) is 10.1. The number of nitrogens with two attached hydrogens (primary N) is 1. The third kappa shape index (κ3) is 2.77. The van der Waals surface area contributed by atoms with Gasteiger partial charge in [-0.3, -0.25) is 0 Å². The Hall–Kier alpha value is -1.94. The van der Waals surface area contributed by atoms with Crippen LogP contribution >= 0.6 is 0 Å². The lowest BCUT2D eigenvalue weighted by Crippen LogP contribution is -2.02. The molecule has 2 aromatic rings. The summed E-state index contributed by atoms with van der Waals surface area (Å²) in [5.74, 6) is 1.25. The van der Waals surface area contributed by atoms with Gasteiger partial charge in [0.1, 0.15) is 5.75 Å². The van der Waals surface area contributed by atoms with Crippen LogP contribution in [0.3, 0.4) is 0 Å². The van der Waals surface area contributed by atoms with Gasteiger partial charge in [-0.05, 0) is 36.7 Å². The van der Waals surface area contributed by atoms with E-state index >= 15 is 0 Å². The number of nitrogens with zero attached hydrogens (tertiary/aromatic N) is 2. The average molecular weight is 215 g/mol. The Bertz CT molecular complexity index is 428. The van der Waals surface area contributed by atoms with Crippen LogP contribution in [-0.2, 0) is 6.42 Å². The van der Waals surface area contributed by atoms with E-state index < -0.39 is 0 Å². The molecule has 0 aliphatic carbocycles. The van der Waals surface area contributed by atoms with Gasteiger partial charge in [0.05, 0.1) is 0 Å². The third-order valence-electron chi connectivity index (χ3n) is 2.13. The van der Waals surface area contributed by atoms with E-state index in [9.17, 15) is 0 Å². The van der Waals surface area contributed by atoms with Gasteiger partial charge in [-0.1, -0.05) is 12.1 Å². The van der Waals surface area contributed by atoms with Crippen LogP contribution in [0, 0.1) is 0 Å². The lowest BCUT2D eigenvalue weighted by Gasteiger charge is -2.04. The van der Waals surface area contributed by atoms with E-state index in [2.05, 4.69) is 10.2 Å². The van der Waals surface area contributed by atoms with Crippen molar-refractivity contribution in [1.29, 1.82) is 0 Å². The highest BCUT2D eigenvalue weighted by atomic mass is 16.5. The molecule has 0 bridgehead atoms. The molecule has 0 aliphatic rings. The molecule has 4 heteroatoms. The Morgan fingerprint density at radius 3 is 2.56 bits per heavy atom. The summed E-state index contributed by atoms with van der Waals surface area (Å²) in [4.78, 5) is 0. The Balaban J connectivity index is 2.05. The van der Waals surface area contributed by atoms with E-state index in [0.717, 1.165) is 12.2 Å². The topological polar surface area (TPSA) is 61.0 Å². The van der Waals surface area contributed by atoms with Gasteiger partial charge in [-0.2, -0.15) is 5.10 Å². The van der Waals surface area contributed by atoms with Crippen molar-refractivity contribution < 1.29 is 4.74 Å². The zero-order valence-electron chi connectivity index (χ0n) is 8.84. The standard InChI is InChI=1S/C12H13N3O/c13-8-7-10-3-5-11(6-4-10)16-12-2-1-9-14-15-12/h1-6,9H,7-8,13H2. The summed E-state index contributed by atoms with van der Waals surface area (Å²) < 4.78 is 5.51. The molecule has 2 N–H and O–H groups in total. The predicted molar refractivity (Wildman–Crippen MR) is 61.3 cm³/mol. The fraction of sp³-hybridized carbons (Fsp3) is 0.167. The molecule has 0 unspecified atom stereocenters. The fourth-order valence-corrected chi connectivity index (χ4v) is 1.35. The van der Waals surface area contributed by atoms with E-state index in [1.54, 1.807) is 18.3 Å². The second-order valence-electron chi connectivity index (χ2n) is 3.35. The molecule has 0 amide bonds. The highest BCUT2D eigenvalue weighted by Crippen LogP contribution is 2.18. The maximum atomic E-state index is 5.51. The third-order valence-corrected chi connectivity index (χ3v) is 2.13. The molecular formula is C12H13N3O. The number of hydrogen-bond acceptors (Lipinski definition) is 4. The minimum atomic E-state index is 0.495. The highest BCUT2D eigenvalue weighted by Gasteiger charge is 1.98. The molecule has 1 heterocycles. The van der Waals surface area contributed by atoms with Crippen molar-refractivity contribution in [2.45, 2.75) is 6.42 Å². The minimum absolute atomic E-state index is 0.495. The van der Waals surface area contributed by atoms with Gasteiger partial charge in [0, 0.05) is 12.3 Å². The van der Waals surface area contributed by atoms with Crippen molar-refractivity contribution in [3.8, 4) is 11.6 Å². The maximum Gasteiger partial charge on any atom is 0.238 e. The van der Waals surface area contributed by atoms with Gasteiger partial charge in [0.2, 0.25) is 5.88 Å². The van der Waals surface area contributed by atoms with E-state index in [4.69, 9.17) is 10.5 Å². The first-order valence-electron chi connectivity index (χ1n) is 5.13. The number of ether oxygens (including phenoxy) is 1. The fourth-order valence-electron chi connectivity index (χ4n) is 1.35. The molecule has 0 saturated heterocycles. The zero-order valence-corrected chi connectivity index (χ0v) is 8.84. The number of hydrogen-bond donors (Lipinski definition) is 1. The lowest BCUT2D eigenvalue weighted by molar-refractivity contribution is 0.455. The molecule has 4 nitrogen and oxygen atoms in total. The first-order valence-corrected chi connectivity index (χ1v) is 5.13. The van der Waals surface area contributed by atoms with Crippen molar-refractivity contribution in [3.63, 3.8) is 0 Å². The molecule has 0 saturated carbocycles. The molecule has 0 spiro atoms. The van der Waals surface area contributed by atoms with Gasteiger partial charge >= 0.3 is 0 Å². The quantitative estimate of drug-likeness (QED) is 0.844. The van der Waals surface area contributed by atoms with Crippen molar-refractivity contribution in [1.82, 2.24) is 10.2 Å². The van der Waals surface area contributed by atoms with Crippen molar-refractivity contribution >= 4 is 0 Å². The molecule has 2 rings (SSSR count). The Morgan fingerprint density at radius 1 is 1.12 bits per heavy atom. The summed E-state index contributed by atoms with van der Waals surface area (Å²) in [5, 5.41) is 7.58. The largest absolute Gasteiger partial charge is 0.438 e. The van der Waals surface area contributed by atoms with Crippen molar-refractivity contribution in [2.75, 3.05) is 6.54 Å². The first kappa shape index (κ1) is 10.6. The summed E-state index contributed by atoms with van der Waals surface area (Å²) in [7, 11) is 0. The number of benzene rings is 1. The minimum Gasteiger partial charge on any atom is -0.438 e. The first-order chi connectivity index (χ1) is 7.88. The smallest absolute Gasteiger partial charge is 0.238 e. The Labute approximate surface area is 94.1 Å². The van der Waals surface area contributed by atoms with E-state index in [0.29, 0.717) is 12.4 Å². The highest BCUT2D eigenvalue weighted by molar-refractivity contribution is 5.30. The van der Waals surface area contributed by atoms with Crippen LogP contribution in [-0.4, -0.2) is 16.7 Å². The average Bonchev–Trinajstić information content (AvgIpc) is 2.33. The Morgan fingerprint density at radius 2 is 1.94 bits per heavy atom. The summed E-state index contributed by atoms with van der Waals surface area (Å²) in [6, 6.07) is 11.3. The van der Waals surface area contributed by atoms with Crippen LogP contribution < -0.4 is 10.5 Å². The van der Waals surface area contributed by atoms with E-state index in [-0.39, 0.29) is 0 Å². The van der Waals surface area contributed by atoms with Crippen LogP contribution in [0.1, 0.15) is 5.56 Å². The number of rotatable bonds is 4. The predicted octanol–water partition coefficient (Wildman–Crippen LogP) is 1.77. The SMILES string of the molecule is NCCc1ccc(Oc2cccnn2)cc1. The lowest BCUT2D eigenvalue weighted by atomic mass is 10.1. The Kier molecular flexibility index (Phi) is 3.46. The summed E-state index contributed by atoms with van der Waals surface area (Å²) in [6.07, 6.45) is 2.49. The van der Waals surface area contributed by atoms with Crippen LogP contribution in [0.15, 0.2) is 42.6 Å². The van der Waals surface area contributed by atoms with Crippen LogP contribution in [0.2, 0.25) is 0 Å². The molecule has 1 aromatic heterocycles. The molecule has 82 valence electrons. The summed E-state index contributed by atoms with van der Waals surface area (Å²) >= 11 is 0. The summed E-state index contributed by atoms with van der Waals surface area (Å²) in [6.45, 7) is 0.657. The molecule has 0 radical (unpaired) electrons. The molecular weight excluding hydrogens is 202 g/mol. The monoisotopic (exact) mass is 215 g/mol. The van der Waals surface area contributed by atoms with Crippen molar-refractivity contribution in [3.05, 3.63) is 48.2 Å². The zero-order chi connectivity index (χ0) is 11.2. The molecule has 0 aliphatic heterocycles. The van der Waals surface area contributed by atoms with Crippen molar-refractivity contribution in [2.24, 2.45) is 5.73 Å². The number of aromatic nitrogens is 2. The summed E-state index contributed by atoms with van der Waals surface area (Å²) in [5.41, 5.74) is 6.68. The molecule has 0 fully saturated rings. The van der Waals surface area contributed by atoms with Gasteiger partial charge < -0.3 is 10.5 Å². The maximum absolute atomic E-state index is 5.51.